The topological polar surface area (TPSA) is 58.6 Å². The van der Waals surface area contributed by atoms with Crippen molar-refractivity contribution in [3.8, 4) is 0 Å². The van der Waals surface area contributed by atoms with Gasteiger partial charge in [-0.3, -0.25) is 15.0 Å². The molecule has 1 N–H and O–H groups in total. The largest absolute Gasteiger partial charge is 0.495 e. The molecule has 1 saturated heterocycles. The molecule has 1 rings (SSSR count). The van der Waals surface area contributed by atoms with E-state index in [-0.39, 0.29) is 12.3 Å². The fourth-order valence-electron chi connectivity index (χ4n) is 1.09. The van der Waals surface area contributed by atoms with E-state index in [4.69, 9.17) is 4.74 Å². The summed E-state index contributed by atoms with van der Waals surface area (Å²) in [5, 5.41) is 2.18. The van der Waals surface area contributed by atoms with E-state index in [9.17, 15) is 9.59 Å². The summed E-state index contributed by atoms with van der Waals surface area (Å²) in [6.07, 6.45) is 0.266. The van der Waals surface area contributed by atoms with Gasteiger partial charge in [0.15, 0.2) is 0 Å². The summed E-state index contributed by atoms with van der Waals surface area (Å²) < 4.78 is 4.84. The van der Waals surface area contributed by atoms with Crippen molar-refractivity contribution in [2.24, 2.45) is 0 Å². The molecule has 0 atom stereocenters. The lowest BCUT2D eigenvalue weighted by molar-refractivity contribution is -0.121. The van der Waals surface area contributed by atoms with Crippen LogP contribution in [0.15, 0.2) is 24.6 Å². The molecule has 0 aromatic heterocycles. The van der Waals surface area contributed by atoms with E-state index in [1.165, 1.54) is 12.0 Å². The fourth-order valence-corrected chi connectivity index (χ4v) is 1.09. The number of carbonyl (C=O) groups is 2. The van der Waals surface area contributed by atoms with Crippen molar-refractivity contribution in [1.29, 1.82) is 0 Å². The third-order valence-corrected chi connectivity index (χ3v) is 1.95. The molecule has 1 fully saturated rings. The molecule has 5 heteroatoms. The molecule has 76 valence electrons. The summed E-state index contributed by atoms with van der Waals surface area (Å²) in [4.78, 5) is 23.5. The number of ether oxygens (including phenoxy) is 1. The first kappa shape index (κ1) is 10.3. The van der Waals surface area contributed by atoms with Gasteiger partial charge in [0.2, 0.25) is 5.91 Å². The summed E-state index contributed by atoms with van der Waals surface area (Å²) in [5.74, 6) is 0.0385. The number of hydrogen-bond donors (Lipinski definition) is 1. The molecule has 0 saturated carbocycles. The Morgan fingerprint density at radius 1 is 1.50 bits per heavy atom. The minimum absolute atomic E-state index is 0.266. The van der Waals surface area contributed by atoms with E-state index < -0.39 is 6.03 Å². The Morgan fingerprint density at radius 2 is 2.14 bits per heavy atom. The zero-order valence-corrected chi connectivity index (χ0v) is 8.00. The lowest BCUT2D eigenvalue weighted by Gasteiger charge is -2.28. The number of hydrogen-bond acceptors (Lipinski definition) is 3. The molecule has 0 bridgehead atoms. The molecular formula is C9H12N2O3. The van der Waals surface area contributed by atoms with E-state index >= 15 is 0 Å². The Hall–Kier alpha value is -1.78. The number of imide groups is 1. The minimum Gasteiger partial charge on any atom is -0.495 e. The molecule has 1 aliphatic rings. The van der Waals surface area contributed by atoms with E-state index in [1.54, 1.807) is 0 Å². The van der Waals surface area contributed by atoms with Gasteiger partial charge in [0.25, 0.3) is 0 Å². The second-order valence-corrected chi connectivity index (χ2v) is 2.83. The maximum atomic E-state index is 11.3. The van der Waals surface area contributed by atoms with E-state index in [1.807, 2.05) is 0 Å². The normalized spacial score (nSPS) is 16.2. The van der Waals surface area contributed by atoms with Gasteiger partial charge in [0.05, 0.1) is 12.8 Å². The maximum absolute atomic E-state index is 11.3. The number of nitrogens with zero attached hydrogens (tertiary/aromatic N) is 1. The first-order valence-corrected chi connectivity index (χ1v) is 4.09. The summed E-state index contributed by atoms with van der Waals surface area (Å²) in [7, 11) is 1.44. The van der Waals surface area contributed by atoms with Gasteiger partial charge in [0.1, 0.15) is 5.76 Å². The summed E-state index contributed by atoms with van der Waals surface area (Å²) in [6, 6.07) is -0.482. The van der Waals surface area contributed by atoms with Crippen molar-refractivity contribution >= 4 is 11.9 Å². The number of methoxy groups -OCH3 is 1. The average molecular weight is 196 g/mol. The monoisotopic (exact) mass is 196 g/mol. The fraction of sp³-hybridized carbons (Fsp3) is 0.333. The molecule has 1 heterocycles. The summed E-state index contributed by atoms with van der Waals surface area (Å²) in [5.41, 5.74) is 0.373. The summed E-state index contributed by atoms with van der Waals surface area (Å²) >= 11 is 0. The van der Waals surface area contributed by atoms with Gasteiger partial charge in [-0.1, -0.05) is 13.2 Å². The van der Waals surface area contributed by atoms with Crippen LogP contribution in [-0.4, -0.2) is 30.5 Å². The molecular weight excluding hydrogens is 184 g/mol. The second-order valence-electron chi connectivity index (χ2n) is 2.83. The Morgan fingerprint density at radius 3 is 2.64 bits per heavy atom. The highest BCUT2D eigenvalue weighted by molar-refractivity contribution is 5.97. The number of carbonyl (C=O) groups excluding carboxylic acids is 2. The van der Waals surface area contributed by atoms with Gasteiger partial charge >= 0.3 is 6.03 Å². The minimum atomic E-state index is -0.482. The molecule has 0 aliphatic carbocycles. The molecule has 0 spiro atoms. The molecule has 0 aromatic rings. The smallest absolute Gasteiger partial charge is 0.328 e. The lowest BCUT2D eigenvalue weighted by atomic mass is 10.2. The van der Waals surface area contributed by atoms with Gasteiger partial charge < -0.3 is 4.74 Å². The SMILES string of the molecule is C=C(OC)C(=C)N1CCC(=O)NC1=O. The Bertz CT molecular complexity index is 309. The predicted molar refractivity (Wildman–Crippen MR) is 50.2 cm³/mol. The quantitative estimate of drug-likeness (QED) is 0.531. The molecule has 0 unspecified atom stereocenters. The Balaban J connectivity index is 2.69. The van der Waals surface area contributed by atoms with Crippen molar-refractivity contribution in [1.82, 2.24) is 10.2 Å². The van der Waals surface area contributed by atoms with Crippen molar-refractivity contribution in [3.63, 3.8) is 0 Å². The molecule has 5 nitrogen and oxygen atoms in total. The maximum Gasteiger partial charge on any atom is 0.328 e. The van der Waals surface area contributed by atoms with Crippen molar-refractivity contribution < 1.29 is 14.3 Å². The average Bonchev–Trinajstić information content (AvgIpc) is 2.15. The van der Waals surface area contributed by atoms with Gasteiger partial charge in [-0.05, 0) is 0 Å². The third kappa shape index (κ3) is 1.93. The first-order chi connectivity index (χ1) is 6.56. The van der Waals surface area contributed by atoms with Crippen LogP contribution < -0.4 is 5.32 Å². The van der Waals surface area contributed by atoms with Crippen LogP contribution in [0.2, 0.25) is 0 Å². The number of amides is 3. The van der Waals surface area contributed by atoms with Crippen LogP contribution in [-0.2, 0) is 9.53 Å². The Kier molecular flexibility index (Phi) is 2.91. The van der Waals surface area contributed by atoms with E-state index in [0.29, 0.717) is 18.0 Å². The van der Waals surface area contributed by atoms with Crippen molar-refractivity contribution in [2.75, 3.05) is 13.7 Å². The van der Waals surface area contributed by atoms with E-state index in [0.717, 1.165) is 0 Å². The van der Waals surface area contributed by atoms with Crippen LogP contribution in [0.5, 0.6) is 0 Å². The molecule has 14 heavy (non-hydrogen) atoms. The molecule has 0 radical (unpaired) electrons. The first-order valence-electron chi connectivity index (χ1n) is 4.09. The van der Waals surface area contributed by atoms with Crippen LogP contribution in [0.4, 0.5) is 4.79 Å². The number of urea groups is 1. The third-order valence-electron chi connectivity index (χ3n) is 1.95. The van der Waals surface area contributed by atoms with Crippen LogP contribution in [0.3, 0.4) is 0 Å². The van der Waals surface area contributed by atoms with Crippen molar-refractivity contribution in [2.45, 2.75) is 6.42 Å². The van der Waals surface area contributed by atoms with E-state index in [2.05, 4.69) is 18.5 Å². The lowest BCUT2D eigenvalue weighted by Crippen LogP contribution is -2.48. The van der Waals surface area contributed by atoms with Crippen LogP contribution >= 0.6 is 0 Å². The highest BCUT2D eigenvalue weighted by Crippen LogP contribution is 2.14. The van der Waals surface area contributed by atoms with Crippen LogP contribution in [0.1, 0.15) is 6.42 Å². The summed E-state index contributed by atoms with van der Waals surface area (Å²) in [6.45, 7) is 7.54. The highest BCUT2D eigenvalue weighted by atomic mass is 16.5. The van der Waals surface area contributed by atoms with Crippen LogP contribution in [0, 0.1) is 0 Å². The van der Waals surface area contributed by atoms with Crippen molar-refractivity contribution in [3.05, 3.63) is 24.6 Å². The highest BCUT2D eigenvalue weighted by Gasteiger charge is 2.25. The second kappa shape index (κ2) is 3.95. The van der Waals surface area contributed by atoms with Gasteiger partial charge in [-0.15, -0.1) is 0 Å². The number of nitrogens with one attached hydrogen (secondary N) is 1. The zero-order valence-electron chi connectivity index (χ0n) is 8.00. The standard InChI is InChI=1S/C9H12N2O3/c1-6(7(2)14-3)11-5-4-8(12)10-9(11)13/h1-2,4-5H2,3H3,(H,10,12,13). The van der Waals surface area contributed by atoms with Gasteiger partial charge in [-0.25, -0.2) is 4.79 Å². The zero-order chi connectivity index (χ0) is 10.7. The Labute approximate surface area is 82.0 Å². The molecule has 0 aromatic carbocycles. The predicted octanol–water partition coefficient (Wildman–Crippen LogP) is 0.602. The van der Waals surface area contributed by atoms with Gasteiger partial charge in [0, 0.05) is 13.0 Å². The molecule has 1 aliphatic heterocycles. The molecule has 3 amide bonds. The van der Waals surface area contributed by atoms with Gasteiger partial charge in [-0.2, -0.15) is 0 Å². The van der Waals surface area contributed by atoms with Crippen LogP contribution in [0.25, 0.3) is 0 Å². The number of rotatable bonds is 3.